The molecule has 2 atom stereocenters. The minimum absolute atomic E-state index is 0.219. The Kier molecular flexibility index (Phi) is 3.54. The molecule has 0 amide bonds. The van der Waals surface area contributed by atoms with Gasteiger partial charge >= 0.3 is 0 Å². The monoisotopic (exact) mass is 240 g/mol. The molecule has 0 aromatic rings. The van der Waals surface area contributed by atoms with Gasteiger partial charge < -0.3 is 10.1 Å². The standard InChI is InChI=1S/C14H28N2O/c1-11(2)12-8-15-13(3,4)9-16(12)14(5)6-7-17-10-14/h11-12,15H,6-10H2,1-5H3. The Hall–Kier alpha value is -0.120. The van der Waals surface area contributed by atoms with Crippen LogP contribution >= 0.6 is 0 Å². The van der Waals surface area contributed by atoms with E-state index in [1.54, 1.807) is 0 Å². The van der Waals surface area contributed by atoms with Crippen molar-refractivity contribution in [2.45, 2.75) is 58.2 Å². The Morgan fingerprint density at radius 2 is 2.00 bits per heavy atom. The van der Waals surface area contributed by atoms with Crippen LogP contribution in [0.2, 0.25) is 0 Å². The first-order chi connectivity index (χ1) is 7.84. The highest BCUT2D eigenvalue weighted by Crippen LogP contribution is 2.33. The lowest BCUT2D eigenvalue weighted by molar-refractivity contribution is -0.0215. The highest BCUT2D eigenvalue weighted by atomic mass is 16.5. The third kappa shape index (κ3) is 2.67. The largest absolute Gasteiger partial charge is 0.379 e. The van der Waals surface area contributed by atoms with Gasteiger partial charge in [-0.15, -0.1) is 0 Å². The van der Waals surface area contributed by atoms with E-state index >= 15 is 0 Å². The average Bonchev–Trinajstić information content (AvgIpc) is 2.64. The van der Waals surface area contributed by atoms with E-state index in [1.165, 1.54) is 6.42 Å². The SMILES string of the molecule is CC(C)C1CNC(C)(C)CN1C1(C)CCOC1. The van der Waals surface area contributed by atoms with Crippen LogP contribution in [0.3, 0.4) is 0 Å². The van der Waals surface area contributed by atoms with Gasteiger partial charge in [-0.3, -0.25) is 4.90 Å². The number of nitrogens with zero attached hydrogens (tertiary/aromatic N) is 1. The quantitative estimate of drug-likeness (QED) is 0.797. The number of ether oxygens (including phenoxy) is 1. The van der Waals surface area contributed by atoms with Gasteiger partial charge in [0.1, 0.15) is 0 Å². The number of hydrogen-bond acceptors (Lipinski definition) is 3. The van der Waals surface area contributed by atoms with Crippen molar-refractivity contribution in [3.8, 4) is 0 Å². The normalized spacial score (nSPS) is 38.8. The zero-order valence-electron chi connectivity index (χ0n) is 12.0. The Morgan fingerprint density at radius 3 is 2.53 bits per heavy atom. The van der Waals surface area contributed by atoms with E-state index in [2.05, 4.69) is 44.8 Å². The third-order valence-electron chi connectivity index (χ3n) is 4.42. The van der Waals surface area contributed by atoms with E-state index in [0.29, 0.717) is 12.0 Å². The Balaban J connectivity index is 2.18. The van der Waals surface area contributed by atoms with Gasteiger partial charge in [0, 0.05) is 36.8 Å². The highest BCUT2D eigenvalue weighted by Gasteiger charge is 2.45. The molecule has 1 N–H and O–H groups in total. The van der Waals surface area contributed by atoms with E-state index in [9.17, 15) is 0 Å². The van der Waals surface area contributed by atoms with Gasteiger partial charge in [0.2, 0.25) is 0 Å². The third-order valence-corrected chi connectivity index (χ3v) is 4.42. The van der Waals surface area contributed by atoms with Crippen LogP contribution < -0.4 is 5.32 Å². The molecule has 0 bridgehead atoms. The van der Waals surface area contributed by atoms with Crippen molar-refractivity contribution in [3.63, 3.8) is 0 Å². The molecule has 2 aliphatic heterocycles. The van der Waals surface area contributed by atoms with Crippen molar-refractivity contribution in [1.29, 1.82) is 0 Å². The molecule has 100 valence electrons. The van der Waals surface area contributed by atoms with Crippen molar-refractivity contribution < 1.29 is 4.74 Å². The van der Waals surface area contributed by atoms with Crippen molar-refractivity contribution in [2.75, 3.05) is 26.3 Å². The van der Waals surface area contributed by atoms with Gasteiger partial charge in [-0.25, -0.2) is 0 Å². The minimum atomic E-state index is 0.219. The summed E-state index contributed by atoms with van der Waals surface area (Å²) in [5.74, 6) is 0.691. The molecular weight excluding hydrogens is 212 g/mol. The summed E-state index contributed by atoms with van der Waals surface area (Å²) in [6.07, 6.45) is 1.17. The number of nitrogens with one attached hydrogen (secondary N) is 1. The second-order valence-electron chi connectivity index (χ2n) is 7.00. The molecule has 2 unspecified atom stereocenters. The first-order valence-electron chi connectivity index (χ1n) is 6.94. The van der Waals surface area contributed by atoms with Crippen LogP contribution in [0.4, 0.5) is 0 Å². The number of piperazine rings is 1. The maximum Gasteiger partial charge on any atom is 0.0648 e. The first-order valence-corrected chi connectivity index (χ1v) is 6.94. The lowest BCUT2D eigenvalue weighted by Crippen LogP contribution is -2.68. The summed E-state index contributed by atoms with van der Waals surface area (Å²) in [5.41, 5.74) is 0.464. The molecule has 0 spiro atoms. The molecule has 0 aliphatic carbocycles. The maximum absolute atomic E-state index is 5.65. The lowest BCUT2D eigenvalue weighted by Gasteiger charge is -2.52. The molecule has 0 saturated carbocycles. The number of hydrogen-bond donors (Lipinski definition) is 1. The molecule has 2 aliphatic rings. The Bertz CT molecular complexity index is 269. The van der Waals surface area contributed by atoms with Crippen LogP contribution in [-0.2, 0) is 4.74 Å². The van der Waals surface area contributed by atoms with Crippen LogP contribution in [0.25, 0.3) is 0 Å². The van der Waals surface area contributed by atoms with Gasteiger partial charge in [0.15, 0.2) is 0 Å². The highest BCUT2D eigenvalue weighted by molar-refractivity contribution is 5.02. The van der Waals surface area contributed by atoms with E-state index in [0.717, 1.165) is 26.3 Å². The van der Waals surface area contributed by atoms with Gasteiger partial charge in [0.05, 0.1) is 6.61 Å². The molecule has 2 fully saturated rings. The first kappa shape index (κ1) is 13.3. The molecule has 2 saturated heterocycles. The zero-order chi connectivity index (χ0) is 12.7. The van der Waals surface area contributed by atoms with Crippen molar-refractivity contribution in [1.82, 2.24) is 10.2 Å². The summed E-state index contributed by atoms with van der Waals surface area (Å²) >= 11 is 0. The fourth-order valence-electron chi connectivity index (χ4n) is 3.16. The van der Waals surface area contributed by atoms with Gasteiger partial charge in [-0.05, 0) is 33.1 Å². The number of rotatable bonds is 2. The predicted octanol–water partition coefficient (Wildman–Crippen LogP) is 1.87. The molecule has 3 heteroatoms. The summed E-state index contributed by atoms with van der Waals surface area (Å²) in [4.78, 5) is 2.71. The molecule has 2 heterocycles. The second-order valence-corrected chi connectivity index (χ2v) is 7.00. The van der Waals surface area contributed by atoms with Crippen LogP contribution in [0.1, 0.15) is 41.0 Å². The van der Waals surface area contributed by atoms with Crippen LogP contribution in [0.5, 0.6) is 0 Å². The fraction of sp³-hybridized carbons (Fsp3) is 1.00. The van der Waals surface area contributed by atoms with Gasteiger partial charge in [-0.2, -0.15) is 0 Å². The summed E-state index contributed by atoms with van der Waals surface area (Å²) in [6.45, 7) is 15.7. The fourth-order valence-corrected chi connectivity index (χ4v) is 3.16. The van der Waals surface area contributed by atoms with Gasteiger partial charge in [-0.1, -0.05) is 13.8 Å². The Labute approximate surface area is 106 Å². The summed E-state index contributed by atoms with van der Waals surface area (Å²) in [5, 5.41) is 3.68. The molecule has 0 aromatic carbocycles. The summed E-state index contributed by atoms with van der Waals surface area (Å²) in [7, 11) is 0. The van der Waals surface area contributed by atoms with Crippen molar-refractivity contribution in [2.24, 2.45) is 5.92 Å². The Morgan fingerprint density at radius 1 is 1.29 bits per heavy atom. The molecule has 0 aromatic heterocycles. The van der Waals surface area contributed by atoms with E-state index in [1.807, 2.05) is 0 Å². The molecule has 2 rings (SSSR count). The topological polar surface area (TPSA) is 24.5 Å². The minimum Gasteiger partial charge on any atom is -0.379 e. The smallest absolute Gasteiger partial charge is 0.0648 e. The van der Waals surface area contributed by atoms with Gasteiger partial charge in [0.25, 0.3) is 0 Å². The lowest BCUT2D eigenvalue weighted by atomic mass is 9.86. The van der Waals surface area contributed by atoms with E-state index < -0.39 is 0 Å². The second kappa shape index (κ2) is 4.52. The van der Waals surface area contributed by atoms with Crippen molar-refractivity contribution >= 4 is 0 Å². The predicted molar refractivity (Wildman–Crippen MR) is 71.3 cm³/mol. The summed E-state index contributed by atoms with van der Waals surface area (Å²) < 4.78 is 5.65. The van der Waals surface area contributed by atoms with Crippen LogP contribution in [-0.4, -0.2) is 48.3 Å². The maximum atomic E-state index is 5.65. The molecule has 0 radical (unpaired) electrons. The van der Waals surface area contributed by atoms with Crippen molar-refractivity contribution in [3.05, 3.63) is 0 Å². The van der Waals surface area contributed by atoms with E-state index in [-0.39, 0.29) is 11.1 Å². The summed E-state index contributed by atoms with van der Waals surface area (Å²) in [6, 6.07) is 0.634. The zero-order valence-corrected chi connectivity index (χ0v) is 12.0. The molecule has 17 heavy (non-hydrogen) atoms. The molecular formula is C14H28N2O. The average molecular weight is 240 g/mol. The van der Waals surface area contributed by atoms with E-state index in [4.69, 9.17) is 4.74 Å². The van der Waals surface area contributed by atoms with Crippen LogP contribution in [0.15, 0.2) is 0 Å². The molecule has 3 nitrogen and oxygen atoms in total. The van der Waals surface area contributed by atoms with Crippen LogP contribution in [0, 0.1) is 5.92 Å².